The molecule has 9 nitrogen and oxygen atoms in total. The van der Waals surface area contributed by atoms with Gasteiger partial charge < -0.3 is 15.0 Å². The summed E-state index contributed by atoms with van der Waals surface area (Å²) in [5.74, 6) is -2.69. The molecule has 1 heterocycles. The van der Waals surface area contributed by atoms with Gasteiger partial charge in [0.05, 0.1) is 6.42 Å². The minimum atomic E-state index is -0.723. The summed E-state index contributed by atoms with van der Waals surface area (Å²) >= 11 is 0. The van der Waals surface area contributed by atoms with E-state index in [0.29, 0.717) is 5.69 Å². The van der Waals surface area contributed by atoms with Gasteiger partial charge >= 0.3 is 5.97 Å². The standard InChI is InChI=1S/C21H27N3O6/c1-14-10-19(25)17(18(14)12-24(28)29)11-21(27)30-13-20(26)22-15-4-6-16(7-5-15)23-8-2-3-9-23/h4-7,14,17-18H,2-3,8-13H2,1H3,(H,22,26)/t14-,17-,18-/m1/s1. The van der Waals surface area contributed by atoms with Crippen molar-refractivity contribution in [2.24, 2.45) is 17.8 Å². The molecule has 0 spiro atoms. The van der Waals surface area contributed by atoms with Gasteiger partial charge in [-0.2, -0.15) is 0 Å². The predicted octanol–water partition coefficient (Wildman–Crippen LogP) is 2.28. The highest BCUT2D eigenvalue weighted by molar-refractivity contribution is 5.93. The number of nitrogens with one attached hydrogen (secondary N) is 1. The van der Waals surface area contributed by atoms with E-state index in [1.807, 2.05) is 12.1 Å². The van der Waals surface area contributed by atoms with Crippen molar-refractivity contribution in [1.29, 1.82) is 0 Å². The van der Waals surface area contributed by atoms with Gasteiger partial charge in [0.25, 0.3) is 5.91 Å². The number of benzene rings is 1. The summed E-state index contributed by atoms with van der Waals surface area (Å²) < 4.78 is 5.00. The van der Waals surface area contributed by atoms with E-state index in [2.05, 4.69) is 10.2 Å². The number of nitrogens with zero attached hydrogens (tertiary/aromatic N) is 2. The molecule has 1 aromatic rings. The lowest BCUT2D eigenvalue weighted by atomic mass is 9.88. The summed E-state index contributed by atoms with van der Waals surface area (Å²) in [7, 11) is 0. The van der Waals surface area contributed by atoms with Gasteiger partial charge in [-0.25, -0.2) is 0 Å². The molecule has 162 valence electrons. The van der Waals surface area contributed by atoms with Crippen molar-refractivity contribution in [3.63, 3.8) is 0 Å². The molecule has 1 aromatic carbocycles. The molecule has 0 unspecified atom stereocenters. The van der Waals surface area contributed by atoms with Crippen LogP contribution in [0.15, 0.2) is 24.3 Å². The molecular formula is C21H27N3O6. The maximum Gasteiger partial charge on any atom is 0.307 e. The molecule has 3 rings (SSSR count). The minimum absolute atomic E-state index is 0.146. The van der Waals surface area contributed by atoms with Gasteiger partial charge in [-0.3, -0.25) is 24.5 Å². The van der Waals surface area contributed by atoms with Crippen LogP contribution in [0.3, 0.4) is 0 Å². The maximum absolute atomic E-state index is 12.1. The van der Waals surface area contributed by atoms with Crippen LogP contribution in [-0.4, -0.2) is 48.8 Å². The summed E-state index contributed by atoms with van der Waals surface area (Å²) in [4.78, 5) is 48.9. The number of ether oxygens (including phenoxy) is 1. The highest BCUT2D eigenvalue weighted by Gasteiger charge is 2.44. The van der Waals surface area contributed by atoms with Gasteiger partial charge in [0, 0.05) is 47.6 Å². The number of carbonyl (C=O) groups is 3. The Kier molecular flexibility index (Phi) is 7.02. The Morgan fingerprint density at radius 1 is 1.23 bits per heavy atom. The molecule has 0 radical (unpaired) electrons. The second kappa shape index (κ2) is 9.69. The first kappa shape index (κ1) is 21.7. The van der Waals surface area contributed by atoms with Crippen LogP contribution in [0.4, 0.5) is 11.4 Å². The fraction of sp³-hybridized carbons (Fsp3) is 0.571. The average Bonchev–Trinajstić information content (AvgIpc) is 3.31. The van der Waals surface area contributed by atoms with Gasteiger partial charge in [0.2, 0.25) is 6.54 Å². The van der Waals surface area contributed by atoms with E-state index in [9.17, 15) is 24.5 Å². The van der Waals surface area contributed by atoms with E-state index >= 15 is 0 Å². The van der Waals surface area contributed by atoms with Crippen LogP contribution in [0.25, 0.3) is 0 Å². The highest BCUT2D eigenvalue weighted by Crippen LogP contribution is 2.36. The number of hydrogen-bond donors (Lipinski definition) is 1. The van der Waals surface area contributed by atoms with E-state index in [4.69, 9.17) is 4.74 Å². The normalized spacial score (nSPS) is 23.4. The second-order valence-electron chi connectivity index (χ2n) is 8.09. The van der Waals surface area contributed by atoms with Crippen LogP contribution >= 0.6 is 0 Å². The third-order valence-corrected chi connectivity index (χ3v) is 5.92. The van der Waals surface area contributed by atoms with Gasteiger partial charge in [-0.15, -0.1) is 0 Å². The SMILES string of the molecule is C[C@@H]1CC(=O)[C@H](CC(=O)OCC(=O)Nc2ccc(N3CCCC3)cc2)[C@@H]1C[N+](=O)[O-]. The Bertz CT molecular complexity index is 803. The zero-order valence-corrected chi connectivity index (χ0v) is 17.0. The second-order valence-corrected chi connectivity index (χ2v) is 8.09. The molecule has 1 saturated heterocycles. The molecule has 2 fully saturated rings. The summed E-state index contributed by atoms with van der Waals surface area (Å²) in [5, 5.41) is 13.5. The lowest BCUT2D eigenvalue weighted by Gasteiger charge is -2.18. The first-order valence-corrected chi connectivity index (χ1v) is 10.3. The first-order chi connectivity index (χ1) is 14.3. The Morgan fingerprint density at radius 2 is 1.90 bits per heavy atom. The van der Waals surface area contributed by atoms with Crippen molar-refractivity contribution >= 4 is 29.0 Å². The number of esters is 1. The Balaban J connectivity index is 1.45. The van der Waals surface area contributed by atoms with Crippen LogP contribution in [0.1, 0.15) is 32.6 Å². The van der Waals surface area contributed by atoms with Gasteiger partial charge in [0.15, 0.2) is 6.61 Å². The minimum Gasteiger partial charge on any atom is -0.456 e. The fourth-order valence-corrected chi connectivity index (χ4v) is 4.31. The molecule has 2 aliphatic rings. The van der Waals surface area contributed by atoms with Crippen molar-refractivity contribution in [3.8, 4) is 0 Å². The Hall–Kier alpha value is -2.97. The lowest BCUT2D eigenvalue weighted by Crippen LogP contribution is -2.28. The third kappa shape index (κ3) is 5.55. The molecule has 3 atom stereocenters. The topological polar surface area (TPSA) is 119 Å². The van der Waals surface area contributed by atoms with Crippen molar-refractivity contribution < 1.29 is 24.0 Å². The number of ketones is 1. The zero-order valence-electron chi connectivity index (χ0n) is 17.0. The number of nitro groups is 1. The van der Waals surface area contributed by atoms with Crippen LogP contribution < -0.4 is 10.2 Å². The Labute approximate surface area is 174 Å². The van der Waals surface area contributed by atoms with E-state index < -0.39 is 35.2 Å². The number of amides is 1. The van der Waals surface area contributed by atoms with Crippen LogP contribution in [-0.2, 0) is 19.1 Å². The van der Waals surface area contributed by atoms with Crippen LogP contribution in [0.2, 0.25) is 0 Å². The number of anilines is 2. The zero-order chi connectivity index (χ0) is 21.7. The van der Waals surface area contributed by atoms with Crippen molar-refractivity contribution in [2.75, 3.05) is 36.5 Å². The molecule has 0 bridgehead atoms. The molecule has 1 aliphatic carbocycles. The number of rotatable bonds is 8. The highest BCUT2D eigenvalue weighted by atomic mass is 16.6. The van der Waals surface area contributed by atoms with Crippen molar-refractivity contribution in [2.45, 2.75) is 32.6 Å². The van der Waals surface area contributed by atoms with Gasteiger partial charge in [-0.1, -0.05) is 6.92 Å². The monoisotopic (exact) mass is 417 g/mol. The number of carbonyl (C=O) groups excluding carboxylic acids is 3. The average molecular weight is 417 g/mol. The van der Waals surface area contributed by atoms with Crippen LogP contribution in [0, 0.1) is 27.9 Å². The predicted molar refractivity (Wildman–Crippen MR) is 110 cm³/mol. The van der Waals surface area contributed by atoms with E-state index in [0.717, 1.165) is 18.8 Å². The number of hydrogen-bond acceptors (Lipinski definition) is 7. The fourth-order valence-electron chi connectivity index (χ4n) is 4.31. The lowest BCUT2D eigenvalue weighted by molar-refractivity contribution is -0.490. The van der Waals surface area contributed by atoms with E-state index in [-0.39, 0.29) is 31.1 Å². The van der Waals surface area contributed by atoms with E-state index in [1.165, 1.54) is 12.8 Å². The number of Topliss-reactive ketones (excluding diaryl/α,β-unsaturated/α-hetero) is 1. The van der Waals surface area contributed by atoms with E-state index in [1.54, 1.807) is 19.1 Å². The van der Waals surface area contributed by atoms with Gasteiger partial charge in [0.1, 0.15) is 5.78 Å². The molecule has 1 amide bonds. The molecular weight excluding hydrogens is 390 g/mol. The summed E-state index contributed by atoms with van der Waals surface area (Å²) in [6.45, 7) is 3.03. The smallest absolute Gasteiger partial charge is 0.307 e. The Morgan fingerprint density at radius 3 is 2.53 bits per heavy atom. The first-order valence-electron chi connectivity index (χ1n) is 10.3. The molecule has 0 aromatic heterocycles. The van der Waals surface area contributed by atoms with Gasteiger partial charge in [-0.05, 0) is 43.0 Å². The summed E-state index contributed by atoms with van der Waals surface area (Å²) in [6.07, 6.45) is 2.36. The third-order valence-electron chi connectivity index (χ3n) is 5.92. The summed E-state index contributed by atoms with van der Waals surface area (Å²) in [5.41, 5.74) is 1.71. The van der Waals surface area contributed by atoms with Crippen LogP contribution in [0.5, 0.6) is 0 Å². The molecule has 9 heteroatoms. The molecule has 30 heavy (non-hydrogen) atoms. The molecule has 1 saturated carbocycles. The maximum atomic E-state index is 12.1. The largest absolute Gasteiger partial charge is 0.456 e. The summed E-state index contributed by atoms with van der Waals surface area (Å²) in [6, 6.07) is 7.48. The van der Waals surface area contributed by atoms with Crippen molar-refractivity contribution in [1.82, 2.24) is 0 Å². The molecule has 1 N–H and O–H groups in total. The molecule has 1 aliphatic heterocycles. The quantitative estimate of drug-likeness (QED) is 0.391. The van der Waals surface area contributed by atoms with Crippen molar-refractivity contribution in [3.05, 3.63) is 34.4 Å².